The molecule has 1 aromatic heterocycles. The molecule has 2 fully saturated rings. The molecule has 124 valence electrons. The van der Waals surface area contributed by atoms with Crippen LogP contribution in [0.1, 0.15) is 58.2 Å². The van der Waals surface area contributed by atoms with E-state index >= 15 is 0 Å². The molecular formula is C17H29N3OS. The molecule has 0 unspecified atom stereocenters. The van der Waals surface area contributed by atoms with Crippen molar-refractivity contribution in [3.8, 4) is 0 Å². The zero-order chi connectivity index (χ0) is 15.4. The van der Waals surface area contributed by atoms with E-state index in [0.29, 0.717) is 12.0 Å². The summed E-state index contributed by atoms with van der Waals surface area (Å²) in [7, 11) is 0. The van der Waals surface area contributed by atoms with Crippen LogP contribution in [-0.2, 0) is 11.2 Å². The Morgan fingerprint density at radius 3 is 2.59 bits per heavy atom. The predicted molar refractivity (Wildman–Crippen MR) is 91.6 cm³/mol. The van der Waals surface area contributed by atoms with Crippen molar-refractivity contribution in [2.75, 3.05) is 24.6 Å². The zero-order valence-corrected chi connectivity index (χ0v) is 14.8. The van der Waals surface area contributed by atoms with E-state index in [-0.39, 0.29) is 0 Å². The number of rotatable bonds is 6. The number of hydrogen-bond donors (Lipinski definition) is 0. The van der Waals surface area contributed by atoms with Crippen molar-refractivity contribution >= 4 is 16.7 Å². The van der Waals surface area contributed by atoms with Gasteiger partial charge in [-0.2, -0.15) is 4.37 Å². The lowest BCUT2D eigenvalue weighted by Crippen LogP contribution is -2.37. The van der Waals surface area contributed by atoms with E-state index in [2.05, 4.69) is 23.1 Å². The average Bonchev–Trinajstić information content (AvgIpc) is 3.16. The molecule has 1 aromatic rings. The molecule has 1 aliphatic heterocycles. The summed E-state index contributed by atoms with van der Waals surface area (Å²) in [4.78, 5) is 7.09. The molecular weight excluding hydrogens is 294 g/mol. The van der Waals surface area contributed by atoms with E-state index in [1.165, 1.54) is 25.7 Å². The van der Waals surface area contributed by atoms with Gasteiger partial charge >= 0.3 is 0 Å². The second-order valence-corrected chi connectivity index (χ2v) is 7.99. The molecule has 0 N–H and O–H groups in total. The molecule has 4 nitrogen and oxygen atoms in total. The van der Waals surface area contributed by atoms with Gasteiger partial charge in [0.05, 0.1) is 6.10 Å². The average molecular weight is 324 g/mol. The van der Waals surface area contributed by atoms with Gasteiger partial charge in [0.25, 0.3) is 0 Å². The summed E-state index contributed by atoms with van der Waals surface area (Å²) >= 11 is 1.56. The Balaban J connectivity index is 1.42. The number of ether oxygens (including phenoxy) is 1. The van der Waals surface area contributed by atoms with Gasteiger partial charge in [0.1, 0.15) is 5.82 Å². The second-order valence-electron chi connectivity index (χ2n) is 7.26. The molecule has 0 amide bonds. The third-order valence-corrected chi connectivity index (χ3v) is 5.62. The molecule has 1 saturated heterocycles. The van der Waals surface area contributed by atoms with E-state index in [9.17, 15) is 0 Å². The molecule has 1 aliphatic carbocycles. The molecule has 1 saturated carbocycles. The maximum Gasteiger partial charge on any atom is 0.205 e. The molecule has 0 spiro atoms. The minimum absolute atomic E-state index is 0.458. The normalized spacial score (nSPS) is 21.1. The van der Waals surface area contributed by atoms with Crippen molar-refractivity contribution in [1.29, 1.82) is 0 Å². The lowest BCUT2D eigenvalue weighted by Gasteiger charge is -2.32. The highest BCUT2D eigenvalue weighted by Crippen LogP contribution is 2.27. The third-order valence-electron chi connectivity index (χ3n) is 4.80. The first-order valence-corrected chi connectivity index (χ1v) is 9.67. The molecule has 0 radical (unpaired) electrons. The van der Waals surface area contributed by atoms with E-state index in [1.54, 1.807) is 11.5 Å². The van der Waals surface area contributed by atoms with Gasteiger partial charge < -0.3 is 9.64 Å². The van der Waals surface area contributed by atoms with Gasteiger partial charge in [-0.05, 0) is 37.5 Å². The van der Waals surface area contributed by atoms with Gasteiger partial charge in [-0.15, -0.1) is 0 Å². The largest absolute Gasteiger partial charge is 0.378 e. The van der Waals surface area contributed by atoms with Gasteiger partial charge in [-0.1, -0.05) is 26.7 Å². The molecule has 2 aliphatic rings. The Hall–Kier alpha value is -0.680. The summed E-state index contributed by atoms with van der Waals surface area (Å²) < 4.78 is 10.6. The summed E-state index contributed by atoms with van der Waals surface area (Å²) in [6.07, 6.45) is 9.27. The summed E-state index contributed by atoms with van der Waals surface area (Å²) in [5, 5.41) is 1.10. The van der Waals surface area contributed by atoms with Gasteiger partial charge in [-0.25, -0.2) is 4.98 Å². The number of hydrogen-bond acceptors (Lipinski definition) is 5. The standard InChI is InChI=1S/C17H29N3OS/c1-13(2)11-16-18-17(22-19-16)20-9-7-15(8-10-20)21-12-14-5-3-4-6-14/h13-15H,3-12H2,1-2H3. The quantitative estimate of drug-likeness (QED) is 0.795. The van der Waals surface area contributed by atoms with Crippen LogP contribution in [0, 0.1) is 11.8 Å². The maximum absolute atomic E-state index is 6.15. The van der Waals surface area contributed by atoms with Crippen molar-refractivity contribution in [1.82, 2.24) is 9.36 Å². The highest BCUT2D eigenvalue weighted by Gasteiger charge is 2.24. The van der Waals surface area contributed by atoms with Gasteiger partial charge in [0, 0.05) is 37.6 Å². The van der Waals surface area contributed by atoms with Gasteiger partial charge in [0.2, 0.25) is 5.13 Å². The first-order valence-electron chi connectivity index (χ1n) is 8.90. The highest BCUT2D eigenvalue weighted by atomic mass is 32.1. The lowest BCUT2D eigenvalue weighted by atomic mass is 10.1. The highest BCUT2D eigenvalue weighted by molar-refractivity contribution is 7.09. The summed E-state index contributed by atoms with van der Waals surface area (Å²) in [5.41, 5.74) is 0. The Labute approximate surface area is 138 Å². The fourth-order valence-electron chi connectivity index (χ4n) is 3.48. The van der Waals surface area contributed by atoms with Crippen molar-refractivity contribution in [2.45, 2.75) is 64.9 Å². The number of piperidine rings is 1. The minimum Gasteiger partial charge on any atom is -0.378 e. The van der Waals surface area contributed by atoms with Crippen molar-refractivity contribution in [3.63, 3.8) is 0 Å². The van der Waals surface area contributed by atoms with Gasteiger partial charge in [0.15, 0.2) is 0 Å². The van der Waals surface area contributed by atoms with Crippen LogP contribution in [0.2, 0.25) is 0 Å². The third kappa shape index (κ3) is 4.42. The van der Waals surface area contributed by atoms with Crippen molar-refractivity contribution in [2.24, 2.45) is 11.8 Å². The topological polar surface area (TPSA) is 38.2 Å². The van der Waals surface area contributed by atoms with Crippen LogP contribution in [0.3, 0.4) is 0 Å². The molecule has 0 bridgehead atoms. The van der Waals surface area contributed by atoms with Crippen LogP contribution >= 0.6 is 11.5 Å². The SMILES string of the molecule is CC(C)Cc1nsc(N2CCC(OCC3CCCC3)CC2)n1. The van der Waals surface area contributed by atoms with Crippen LogP contribution in [0.5, 0.6) is 0 Å². The monoisotopic (exact) mass is 323 g/mol. The molecule has 0 atom stereocenters. The lowest BCUT2D eigenvalue weighted by molar-refractivity contribution is 0.0164. The summed E-state index contributed by atoms with van der Waals surface area (Å²) in [6, 6.07) is 0. The zero-order valence-electron chi connectivity index (χ0n) is 14.0. The number of nitrogens with zero attached hydrogens (tertiary/aromatic N) is 3. The molecule has 5 heteroatoms. The smallest absolute Gasteiger partial charge is 0.205 e. The number of anilines is 1. The van der Waals surface area contributed by atoms with Crippen LogP contribution in [-0.4, -0.2) is 35.2 Å². The van der Waals surface area contributed by atoms with E-state index in [0.717, 1.165) is 55.8 Å². The Kier molecular flexibility index (Phi) is 5.69. The molecule has 3 rings (SSSR count). The van der Waals surface area contributed by atoms with Crippen molar-refractivity contribution in [3.05, 3.63) is 5.82 Å². The van der Waals surface area contributed by atoms with Gasteiger partial charge in [-0.3, -0.25) is 0 Å². The first kappa shape index (κ1) is 16.2. The van der Waals surface area contributed by atoms with E-state index in [1.807, 2.05) is 0 Å². The van der Waals surface area contributed by atoms with E-state index in [4.69, 9.17) is 9.72 Å². The predicted octanol–water partition coefficient (Wildman–Crippen LogP) is 3.91. The summed E-state index contributed by atoms with van der Waals surface area (Å²) in [6.45, 7) is 7.54. The van der Waals surface area contributed by atoms with Crippen LogP contribution < -0.4 is 4.90 Å². The maximum atomic E-state index is 6.15. The molecule has 22 heavy (non-hydrogen) atoms. The summed E-state index contributed by atoms with van der Waals surface area (Å²) in [5.74, 6) is 2.46. The Morgan fingerprint density at radius 2 is 1.91 bits per heavy atom. The molecule has 2 heterocycles. The van der Waals surface area contributed by atoms with Crippen LogP contribution in [0.25, 0.3) is 0 Å². The Morgan fingerprint density at radius 1 is 1.18 bits per heavy atom. The van der Waals surface area contributed by atoms with Crippen LogP contribution in [0.15, 0.2) is 0 Å². The van der Waals surface area contributed by atoms with E-state index < -0.39 is 0 Å². The Bertz CT molecular complexity index is 449. The van der Waals surface area contributed by atoms with Crippen LogP contribution in [0.4, 0.5) is 5.13 Å². The molecule has 0 aromatic carbocycles. The van der Waals surface area contributed by atoms with Crippen molar-refractivity contribution < 1.29 is 4.74 Å². The second kappa shape index (κ2) is 7.73. The fourth-order valence-corrected chi connectivity index (χ4v) is 4.23. The fraction of sp³-hybridized carbons (Fsp3) is 0.882. The number of aromatic nitrogens is 2. The minimum atomic E-state index is 0.458. The first-order chi connectivity index (χ1) is 10.7.